The molecule has 0 saturated heterocycles. The fourth-order valence-electron chi connectivity index (χ4n) is 2.13. The van der Waals surface area contributed by atoms with Gasteiger partial charge in [0.1, 0.15) is 0 Å². The summed E-state index contributed by atoms with van der Waals surface area (Å²) in [7, 11) is 0. The molecule has 1 heterocycles. The fourth-order valence-corrected chi connectivity index (χ4v) is 5.06. The van der Waals surface area contributed by atoms with Gasteiger partial charge in [-0.05, 0) is 0 Å². The Morgan fingerprint density at radius 3 is 2.65 bits per heavy atom. The molecular formula is C16H12BrNOSe. The predicted octanol–water partition coefficient (Wildman–Crippen LogP) is 3.57. The third-order valence-electron chi connectivity index (χ3n) is 3.08. The molecule has 2 nitrogen and oxygen atoms in total. The third kappa shape index (κ3) is 3.09. The molecule has 2 aromatic rings. The first-order valence-electron chi connectivity index (χ1n) is 6.31. The fraction of sp³-hybridized carbons (Fsp3) is 0.125. The average molecular weight is 393 g/mol. The molecule has 0 bridgehead atoms. The molecule has 1 aliphatic rings. The third-order valence-corrected chi connectivity index (χ3v) is 6.25. The van der Waals surface area contributed by atoms with E-state index in [0.29, 0.717) is 11.2 Å². The van der Waals surface area contributed by atoms with Gasteiger partial charge in [-0.15, -0.1) is 0 Å². The summed E-state index contributed by atoms with van der Waals surface area (Å²) >= 11 is 3.65. The van der Waals surface area contributed by atoms with Crippen LogP contribution in [0.15, 0.2) is 64.1 Å². The molecule has 0 radical (unpaired) electrons. The van der Waals surface area contributed by atoms with Crippen LogP contribution in [-0.4, -0.2) is 25.5 Å². The van der Waals surface area contributed by atoms with Crippen LogP contribution in [0.2, 0.25) is 0 Å². The van der Waals surface area contributed by atoms with Gasteiger partial charge in [0.05, 0.1) is 0 Å². The van der Waals surface area contributed by atoms with Crippen LogP contribution in [0.25, 0.3) is 0 Å². The second kappa shape index (κ2) is 6.04. The Bertz CT molecular complexity index is 669. The minimum absolute atomic E-state index is 0.0121. The Morgan fingerprint density at radius 1 is 1.10 bits per heavy atom. The van der Waals surface area contributed by atoms with Crippen molar-refractivity contribution < 1.29 is 4.79 Å². The SMILES string of the molecule is O=C1C[C@H](c2ccccc2)[Se]C(c2cccc(Br)c2)=N1. The van der Waals surface area contributed by atoms with Crippen molar-refractivity contribution >= 4 is 41.4 Å². The molecule has 0 spiro atoms. The van der Waals surface area contributed by atoms with Crippen LogP contribution in [0.4, 0.5) is 0 Å². The first-order valence-corrected chi connectivity index (χ1v) is 8.95. The molecule has 0 fully saturated rings. The van der Waals surface area contributed by atoms with E-state index in [1.165, 1.54) is 5.56 Å². The van der Waals surface area contributed by atoms with E-state index < -0.39 is 0 Å². The van der Waals surface area contributed by atoms with Gasteiger partial charge in [0, 0.05) is 0 Å². The number of aliphatic imine (C=N–C) groups is 1. The van der Waals surface area contributed by atoms with Crippen molar-refractivity contribution in [2.24, 2.45) is 4.99 Å². The van der Waals surface area contributed by atoms with Gasteiger partial charge in [-0.2, -0.15) is 0 Å². The van der Waals surface area contributed by atoms with Crippen LogP contribution >= 0.6 is 15.9 Å². The first-order chi connectivity index (χ1) is 9.72. The van der Waals surface area contributed by atoms with E-state index >= 15 is 0 Å². The summed E-state index contributed by atoms with van der Waals surface area (Å²) in [5, 5.41) is 0. The topological polar surface area (TPSA) is 29.4 Å². The van der Waals surface area contributed by atoms with Crippen LogP contribution in [0.3, 0.4) is 0 Å². The van der Waals surface area contributed by atoms with E-state index in [1.54, 1.807) is 0 Å². The number of hydrogen-bond donors (Lipinski definition) is 0. The van der Waals surface area contributed by atoms with Gasteiger partial charge in [0.25, 0.3) is 0 Å². The molecule has 0 N–H and O–H groups in total. The summed E-state index contributed by atoms with van der Waals surface area (Å²) in [6, 6.07) is 18.3. The monoisotopic (exact) mass is 393 g/mol. The van der Waals surface area contributed by atoms with Gasteiger partial charge >= 0.3 is 133 Å². The second-order valence-electron chi connectivity index (χ2n) is 4.54. The van der Waals surface area contributed by atoms with Crippen LogP contribution in [0.5, 0.6) is 0 Å². The van der Waals surface area contributed by atoms with E-state index in [4.69, 9.17) is 0 Å². The molecule has 1 amide bonds. The van der Waals surface area contributed by atoms with E-state index in [2.05, 4.69) is 33.1 Å². The molecule has 3 rings (SSSR count). The van der Waals surface area contributed by atoms with Gasteiger partial charge in [0.15, 0.2) is 0 Å². The van der Waals surface area contributed by atoms with Gasteiger partial charge in [0.2, 0.25) is 0 Å². The summed E-state index contributed by atoms with van der Waals surface area (Å²) in [5.41, 5.74) is 2.29. The molecular weight excluding hydrogens is 381 g/mol. The zero-order valence-electron chi connectivity index (χ0n) is 10.6. The molecule has 0 aromatic heterocycles. The molecule has 2 aromatic carbocycles. The quantitative estimate of drug-likeness (QED) is 0.718. The van der Waals surface area contributed by atoms with E-state index in [0.717, 1.165) is 14.6 Å². The number of carbonyl (C=O) groups is 1. The Kier molecular flexibility index (Phi) is 4.15. The number of nitrogens with zero attached hydrogens (tertiary/aromatic N) is 1. The molecule has 20 heavy (non-hydrogen) atoms. The number of carbonyl (C=O) groups excluding carboxylic acids is 1. The van der Waals surface area contributed by atoms with Gasteiger partial charge in [-0.1, -0.05) is 0 Å². The average Bonchev–Trinajstić information content (AvgIpc) is 2.47. The normalized spacial score (nSPS) is 18.8. The molecule has 4 heteroatoms. The Morgan fingerprint density at radius 2 is 1.90 bits per heavy atom. The zero-order chi connectivity index (χ0) is 13.9. The summed E-state index contributed by atoms with van der Waals surface area (Å²) < 4.78 is 1.96. The second-order valence-corrected chi connectivity index (χ2v) is 7.96. The van der Waals surface area contributed by atoms with E-state index in [1.807, 2.05) is 42.5 Å². The number of amides is 1. The van der Waals surface area contributed by atoms with E-state index in [9.17, 15) is 4.79 Å². The maximum atomic E-state index is 11.9. The van der Waals surface area contributed by atoms with Crippen molar-refractivity contribution in [2.45, 2.75) is 11.2 Å². The van der Waals surface area contributed by atoms with Gasteiger partial charge in [-0.25, -0.2) is 0 Å². The molecule has 100 valence electrons. The van der Waals surface area contributed by atoms with Crippen LogP contribution in [0.1, 0.15) is 22.4 Å². The van der Waals surface area contributed by atoms with Crippen molar-refractivity contribution in [2.75, 3.05) is 0 Å². The predicted molar refractivity (Wildman–Crippen MR) is 85.2 cm³/mol. The van der Waals surface area contributed by atoms with Crippen LogP contribution in [0, 0.1) is 0 Å². The van der Waals surface area contributed by atoms with Crippen molar-refractivity contribution in [1.82, 2.24) is 0 Å². The standard InChI is InChI=1S/C16H12BrNOSe/c17-13-8-4-7-12(9-13)16-18-15(19)10-14(20-16)11-5-2-1-3-6-11/h1-9,14H,10H2/t14-/m1/s1. The Labute approximate surface area is 132 Å². The molecule has 0 aliphatic carbocycles. The molecule has 0 saturated carbocycles. The van der Waals surface area contributed by atoms with E-state index in [-0.39, 0.29) is 20.9 Å². The Balaban J connectivity index is 1.92. The van der Waals surface area contributed by atoms with Gasteiger partial charge < -0.3 is 0 Å². The van der Waals surface area contributed by atoms with Crippen molar-refractivity contribution in [3.05, 3.63) is 70.2 Å². The van der Waals surface area contributed by atoms with Crippen LogP contribution in [-0.2, 0) is 4.79 Å². The molecule has 1 aliphatic heterocycles. The summed E-state index contributed by atoms with van der Waals surface area (Å²) in [6.45, 7) is 0. The number of rotatable bonds is 2. The van der Waals surface area contributed by atoms with Crippen molar-refractivity contribution in [3.8, 4) is 0 Å². The van der Waals surface area contributed by atoms with Crippen molar-refractivity contribution in [1.29, 1.82) is 0 Å². The number of hydrogen-bond acceptors (Lipinski definition) is 1. The Hall–Kier alpha value is -1.22. The summed E-state index contributed by atoms with van der Waals surface area (Å²) in [6.07, 6.45) is 0.529. The summed E-state index contributed by atoms with van der Waals surface area (Å²) in [4.78, 5) is 16.5. The van der Waals surface area contributed by atoms with Crippen molar-refractivity contribution in [3.63, 3.8) is 0 Å². The molecule has 0 unspecified atom stereocenters. The minimum atomic E-state index is -0.0121. The summed E-state index contributed by atoms with van der Waals surface area (Å²) in [5.74, 6) is -0.0121. The number of halogens is 1. The van der Waals surface area contributed by atoms with Gasteiger partial charge in [-0.3, -0.25) is 0 Å². The number of benzene rings is 2. The first kappa shape index (κ1) is 13.7. The maximum absolute atomic E-state index is 11.9. The zero-order valence-corrected chi connectivity index (χ0v) is 13.9. The molecule has 1 atom stereocenters. The van der Waals surface area contributed by atoms with Crippen LogP contribution < -0.4 is 0 Å².